The van der Waals surface area contributed by atoms with E-state index >= 15 is 0 Å². The highest BCUT2D eigenvalue weighted by molar-refractivity contribution is 7.89. The Morgan fingerprint density at radius 3 is 2.55 bits per heavy atom. The van der Waals surface area contributed by atoms with E-state index in [1.165, 1.54) is 28.8 Å². The summed E-state index contributed by atoms with van der Waals surface area (Å²) in [5.74, 6) is 0.681. The molecule has 0 aliphatic carbocycles. The van der Waals surface area contributed by atoms with E-state index in [2.05, 4.69) is 4.98 Å². The number of nitrogens with zero attached hydrogens (tertiary/aromatic N) is 2. The lowest BCUT2D eigenvalue weighted by Crippen LogP contribution is -2.30. The van der Waals surface area contributed by atoms with Crippen LogP contribution < -0.4 is 4.74 Å². The van der Waals surface area contributed by atoms with E-state index in [-0.39, 0.29) is 18.0 Å². The highest BCUT2D eigenvalue weighted by Crippen LogP contribution is 2.26. The highest BCUT2D eigenvalue weighted by Gasteiger charge is 2.27. The number of hydrogen-bond donors (Lipinski definition) is 0. The maximum Gasteiger partial charge on any atom is 0.243 e. The van der Waals surface area contributed by atoms with Crippen molar-refractivity contribution in [3.8, 4) is 5.75 Å². The molecule has 0 fully saturated rings. The summed E-state index contributed by atoms with van der Waals surface area (Å²) < 4.78 is 53.3. The van der Waals surface area contributed by atoms with Crippen LogP contribution >= 0.6 is 0 Å². The van der Waals surface area contributed by atoms with Crippen LogP contribution in [0.3, 0.4) is 0 Å². The smallest absolute Gasteiger partial charge is 0.243 e. The van der Waals surface area contributed by atoms with Crippen molar-refractivity contribution in [2.45, 2.75) is 24.9 Å². The molecule has 0 aliphatic heterocycles. The molecule has 4 rings (SSSR count). The lowest BCUT2D eigenvalue weighted by molar-refractivity contribution is 0.339. The number of benzene rings is 2. The highest BCUT2D eigenvalue weighted by atomic mass is 32.2. The third-order valence-corrected chi connectivity index (χ3v) is 6.64. The van der Waals surface area contributed by atoms with Gasteiger partial charge in [-0.2, -0.15) is 4.31 Å². The Bertz CT molecular complexity index is 1270. The zero-order chi connectivity index (χ0) is 21.8. The molecule has 0 atom stereocenters. The fourth-order valence-electron chi connectivity index (χ4n) is 3.34. The molecule has 8 heteroatoms. The number of furan rings is 1. The van der Waals surface area contributed by atoms with Crippen LogP contribution in [0.15, 0.2) is 82.4 Å². The molecule has 0 bridgehead atoms. The molecule has 0 aliphatic rings. The van der Waals surface area contributed by atoms with Gasteiger partial charge in [0.2, 0.25) is 10.0 Å². The number of fused-ring (bicyclic) bond motifs is 1. The zero-order valence-electron chi connectivity index (χ0n) is 16.9. The topological polar surface area (TPSA) is 72.6 Å². The van der Waals surface area contributed by atoms with Crippen molar-refractivity contribution < 1.29 is 22.0 Å². The van der Waals surface area contributed by atoms with E-state index in [0.29, 0.717) is 34.6 Å². The molecule has 31 heavy (non-hydrogen) atoms. The lowest BCUT2D eigenvalue weighted by atomic mass is 10.1. The van der Waals surface area contributed by atoms with E-state index in [1.807, 2.05) is 6.92 Å². The largest absolute Gasteiger partial charge is 0.494 e. The zero-order valence-corrected chi connectivity index (χ0v) is 17.7. The normalized spacial score (nSPS) is 11.8. The summed E-state index contributed by atoms with van der Waals surface area (Å²) in [6.45, 7) is 2.37. The van der Waals surface area contributed by atoms with Crippen molar-refractivity contribution in [2.24, 2.45) is 0 Å². The molecule has 2 heterocycles. The fraction of sp³-hybridized carbons (Fsp3) is 0.174. The van der Waals surface area contributed by atoms with E-state index in [9.17, 15) is 12.8 Å². The van der Waals surface area contributed by atoms with Crippen LogP contribution in [0.5, 0.6) is 5.75 Å². The summed E-state index contributed by atoms with van der Waals surface area (Å²) in [7, 11) is -3.89. The van der Waals surface area contributed by atoms with E-state index in [4.69, 9.17) is 9.15 Å². The summed E-state index contributed by atoms with van der Waals surface area (Å²) in [4.78, 5) is 4.40. The van der Waals surface area contributed by atoms with E-state index < -0.39 is 15.8 Å². The van der Waals surface area contributed by atoms with Gasteiger partial charge in [0.05, 0.1) is 29.8 Å². The fourth-order valence-corrected chi connectivity index (χ4v) is 4.72. The molecule has 0 amide bonds. The SMILES string of the molecule is CCOc1ccc(S(=O)(=O)N(Cc2ccco2)Cc2ccc(F)c3cccnc23)cc1. The summed E-state index contributed by atoms with van der Waals surface area (Å²) in [5, 5.41) is 0.344. The number of pyridine rings is 1. The molecule has 2 aromatic heterocycles. The molecule has 0 N–H and O–H groups in total. The Balaban J connectivity index is 1.73. The number of rotatable bonds is 8. The molecule has 0 saturated carbocycles. The van der Waals surface area contributed by atoms with E-state index in [1.54, 1.807) is 48.7 Å². The molecule has 2 aromatic carbocycles. The number of sulfonamides is 1. The molecular formula is C23H21FN2O4S. The third kappa shape index (κ3) is 4.45. The number of hydrogen-bond acceptors (Lipinski definition) is 5. The first-order valence-corrected chi connectivity index (χ1v) is 11.2. The molecular weight excluding hydrogens is 419 g/mol. The minimum Gasteiger partial charge on any atom is -0.494 e. The third-order valence-electron chi connectivity index (χ3n) is 4.83. The first-order valence-electron chi connectivity index (χ1n) is 9.76. The van der Waals surface area contributed by atoms with Crippen molar-refractivity contribution in [3.63, 3.8) is 0 Å². The number of ether oxygens (including phenoxy) is 1. The van der Waals surface area contributed by atoms with Crippen molar-refractivity contribution >= 4 is 20.9 Å². The van der Waals surface area contributed by atoms with Gasteiger partial charge in [0.1, 0.15) is 17.3 Å². The van der Waals surface area contributed by atoms with Gasteiger partial charge in [0.25, 0.3) is 0 Å². The van der Waals surface area contributed by atoms with Crippen molar-refractivity contribution in [1.82, 2.24) is 9.29 Å². The Hall–Kier alpha value is -3.23. The maximum atomic E-state index is 14.2. The van der Waals surface area contributed by atoms with Crippen LogP contribution in [0.25, 0.3) is 10.9 Å². The Morgan fingerprint density at radius 1 is 1.03 bits per heavy atom. The molecule has 160 valence electrons. The second kappa shape index (κ2) is 8.87. The molecule has 6 nitrogen and oxygen atoms in total. The van der Waals surface area contributed by atoms with Crippen LogP contribution in [0.4, 0.5) is 4.39 Å². The summed E-state index contributed by atoms with van der Waals surface area (Å²) >= 11 is 0. The van der Waals surface area contributed by atoms with Gasteiger partial charge in [-0.3, -0.25) is 4.98 Å². The quantitative estimate of drug-likeness (QED) is 0.395. The van der Waals surface area contributed by atoms with Crippen molar-refractivity contribution in [2.75, 3.05) is 6.61 Å². The Labute approximate surface area is 180 Å². The first kappa shape index (κ1) is 21.0. The Kier molecular flexibility index (Phi) is 6.01. The average Bonchev–Trinajstić information content (AvgIpc) is 3.29. The maximum absolute atomic E-state index is 14.2. The van der Waals surface area contributed by atoms with Crippen LogP contribution in [-0.4, -0.2) is 24.3 Å². The van der Waals surface area contributed by atoms with Gasteiger partial charge in [-0.25, -0.2) is 12.8 Å². The predicted octanol–water partition coefficient (Wildman–Crippen LogP) is 4.76. The van der Waals surface area contributed by atoms with Gasteiger partial charge < -0.3 is 9.15 Å². The molecule has 0 spiro atoms. The van der Waals surface area contributed by atoms with Crippen LogP contribution in [0.2, 0.25) is 0 Å². The summed E-state index contributed by atoms with van der Waals surface area (Å²) in [5.41, 5.74) is 1.02. The number of aromatic nitrogens is 1. The minimum atomic E-state index is -3.89. The van der Waals surface area contributed by atoms with Crippen molar-refractivity contribution in [1.29, 1.82) is 0 Å². The average molecular weight is 440 g/mol. The van der Waals surface area contributed by atoms with Gasteiger partial charge in [-0.05, 0) is 67.1 Å². The van der Waals surface area contributed by atoms with E-state index in [0.717, 1.165) is 0 Å². The molecule has 4 aromatic rings. The second-order valence-electron chi connectivity index (χ2n) is 6.86. The molecule has 0 saturated heterocycles. The molecule has 0 unspecified atom stereocenters. The standard InChI is InChI=1S/C23H21FN2O4S/c1-2-29-18-8-10-20(11-9-18)31(27,28)26(16-19-5-4-14-30-19)15-17-7-12-22(24)21-6-3-13-25-23(17)21/h3-14H,2,15-16H2,1H3. The summed E-state index contributed by atoms with van der Waals surface area (Å²) in [6, 6.07) is 15.8. The van der Waals surface area contributed by atoms with Crippen LogP contribution in [0.1, 0.15) is 18.2 Å². The van der Waals surface area contributed by atoms with Crippen LogP contribution in [-0.2, 0) is 23.1 Å². The minimum absolute atomic E-state index is 0.00401. The van der Waals surface area contributed by atoms with Gasteiger partial charge in [-0.1, -0.05) is 6.07 Å². The van der Waals surface area contributed by atoms with Gasteiger partial charge in [0.15, 0.2) is 0 Å². The number of halogens is 1. The van der Waals surface area contributed by atoms with Gasteiger partial charge in [-0.15, -0.1) is 0 Å². The monoisotopic (exact) mass is 440 g/mol. The van der Waals surface area contributed by atoms with Crippen molar-refractivity contribution in [3.05, 3.63) is 90.3 Å². The predicted molar refractivity (Wildman–Crippen MR) is 114 cm³/mol. The molecule has 0 radical (unpaired) electrons. The van der Waals surface area contributed by atoms with Gasteiger partial charge in [0, 0.05) is 18.1 Å². The second-order valence-corrected chi connectivity index (χ2v) is 8.80. The van der Waals surface area contributed by atoms with Crippen LogP contribution in [0, 0.1) is 5.82 Å². The van der Waals surface area contributed by atoms with Gasteiger partial charge >= 0.3 is 0 Å². The summed E-state index contributed by atoms with van der Waals surface area (Å²) in [6.07, 6.45) is 3.05. The Morgan fingerprint density at radius 2 is 1.84 bits per heavy atom. The lowest BCUT2D eigenvalue weighted by Gasteiger charge is -2.22. The first-order chi connectivity index (χ1) is 15.0.